The number of halogens is 1. The minimum atomic E-state index is -0.635. The fourth-order valence-electron chi connectivity index (χ4n) is 2.68. The molecule has 0 bridgehead atoms. The van der Waals surface area contributed by atoms with Gasteiger partial charge < -0.3 is 15.2 Å². The third-order valence-corrected chi connectivity index (χ3v) is 3.96. The van der Waals surface area contributed by atoms with Gasteiger partial charge in [0.25, 0.3) is 0 Å². The van der Waals surface area contributed by atoms with Crippen molar-refractivity contribution in [3.63, 3.8) is 0 Å². The van der Waals surface area contributed by atoms with Crippen molar-refractivity contribution in [1.29, 1.82) is 0 Å². The van der Waals surface area contributed by atoms with E-state index in [2.05, 4.69) is 5.32 Å². The minimum Gasteiger partial charge on any atom is -0.497 e. The predicted molar refractivity (Wildman–Crippen MR) is 90.1 cm³/mol. The Labute approximate surface area is 137 Å². The molecule has 2 aromatic rings. The van der Waals surface area contributed by atoms with Crippen molar-refractivity contribution in [3.05, 3.63) is 65.5 Å². The van der Waals surface area contributed by atoms with Crippen molar-refractivity contribution >= 4 is 0 Å². The van der Waals surface area contributed by atoms with Gasteiger partial charge in [0.05, 0.1) is 13.2 Å². The molecule has 0 unspecified atom stereocenters. The van der Waals surface area contributed by atoms with Gasteiger partial charge in [0.2, 0.25) is 0 Å². The number of hydrogen-bond acceptors (Lipinski definition) is 3. The van der Waals surface area contributed by atoms with Crippen molar-refractivity contribution in [2.24, 2.45) is 0 Å². The molecule has 0 aliphatic rings. The smallest absolute Gasteiger partial charge is 0.126 e. The lowest BCUT2D eigenvalue weighted by Gasteiger charge is -2.25. The molecule has 0 amide bonds. The quantitative estimate of drug-likeness (QED) is 0.821. The highest BCUT2D eigenvalue weighted by Gasteiger charge is 2.19. The van der Waals surface area contributed by atoms with Crippen LogP contribution in [0.3, 0.4) is 0 Å². The number of aliphatic hydroxyl groups excluding tert-OH is 1. The topological polar surface area (TPSA) is 41.5 Å². The number of aliphatic hydroxyl groups is 1. The highest BCUT2D eigenvalue weighted by Crippen LogP contribution is 2.21. The number of ether oxygens (including phenoxy) is 1. The summed E-state index contributed by atoms with van der Waals surface area (Å²) in [5.74, 6) is 0.569. The average molecular weight is 317 g/mol. The van der Waals surface area contributed by atoms with Crippen molar-refractivity contribution in [2.45, 2.75) is 38.5 Å². The summed E-state index contributed by atoms with van der Waals surface area (Å²) >= 11 is 0. The summed E-state index contributed by atoms with van der Waals surface area (Å²) in [5.41, 5.74) is 1.50. The zero-order chi connectivity index (χ0) is 16.8. The predicted octanol–water partition coefficient (Wildman–Crippen LogP) is 3.48. The number of methoxy groups -OCH3 is 1. The summed E-state index contributed by atoms with van der Waals surface area (Å²) in [7, 11) is 1.61. The number of hydrogen-bond donors (Lipinski definition) is 2. The van der Waals surface area contributed by atoms with Crippen LogP contribution < -0.4 is 10.1 Å². The van der Waals surface area contributed by atoms with Gasteiger partial charge in [-0.2, -0.15) is 0 Å². The van der Waals surface area contributed by atoms with Crippen LogP contribution in [-0.4, -0.2) is 24.3 Å². The molecule has 124 valence electrons. The number of benzene rings is 2. The molecule has 3 nitrogen and oxygen atoms in total. The Kier molecular flexibility index (Phi) is 6.13. The monoisotopic (exact) mass is 317 g/mol. The highest BCUT2D eigenvalue weighted by molar-refractivity contribution is 5.29. The second-order valence-electron chi connectivity index (χ2n) is 5.87. The van der Waals surface area contributed by atoms with E-state index in [0.29, 0.717) is 12.0 Å². The zero-order valence-corrected chi connectivity index (χ0v) is 13.8. The third kappa shape index (κ3) is 4.78. The maximum absolute atomic E-state index is 13.7. The van der Waals surface area contributed by atoms with E-state index >= 15 is 0 Å². The van der Waals surface area contributed by atoms with E-state index in [0.717, 1.165) is 11.3 Å². The van der Waals surface area contributed by atoms with Gasteiger partial charge in [0.15, 0.2) is 0 Å². The Balaban J connectivity index is 1.94. The first-order chi connectivity index (χ1) is 11.0. The SMILES string of the molecule is COc1ccc([C@H](O)[C@H](C)N[C@@H](C)Cc2ccccc2F)cc1. The van der Waals surface area contributed by atoms with E-state index in [9.17, 15) is 9.50 Å². The summed E-state index contributed by atoms with van der Waals surface area (Å²) in [4.78, 5) is 0. The van der Waals surface area contributed by atoms with Gasteiger partial charge in [-0.15, -0.1) is 0 Å². The Morgan fingerprint density at radius 1 is 1.09 bits per heavy atom. The van der Waals surface area contributed by atoms with E-state index in [1.807, 2.05) is 44.2 Å². The van der Waals surface area contributed by atoms with Crippen LogP contribution in [-0.2, 0) is 6.42 Å². The van der Waals surface area contributed by atoms with Crippen LogP contribution in [0.15, 0.2) is 48.5 Å². The van der Waals surface area contributed by atoms with Crippen LogP contribution >= 0.6 is 0 Å². The Bertz CT molecular complexity index is 615. The zero-order valence-electron chi connectivity index (χ0n) is 13.8. The van der Waals surface area contributed by atoms with Crippen LogP contribution in [0.2, 0.25) is 0 Å². The third-order valence-electron chi connectivity index (χ3n) is 3.96. The lowest BCUT2D eigenvalue weighted by molar-refractivity contribution is 0.130. The minimum absolute atomic E-state index is 0.0507. The van der Waals surface area contributed by atoms with Crippen molar-refractivity contribution in [3.8, 4) is 5.75 Å². The summed E-state index contributed by atoms with van der Waals surface area (Å²) in [5, 5.41) is 13.8. The second-order valence-corrected chi connectivity index (χ2v) is 5.87. The molecule has 0 spiro atoms. The van der Waals surface area contributed by atoms with Crippen LogP contribution in [0.5, 0.6) is 5.75 Å². The molecular weight excluding hydrogens is 293 g/mol. The van der Waals surface area contributed by atoms with Crippen molar-refractivity contribution in [1.82, 2.24) is 5.32 Å². The van der Waals surface area contributed by atoms with Crippen LogP contribution in [0.1, 0.15) is 31.1 Å². The Morgan fingerprint density at radius 3 is 2.35 bits per heavy atom. The maximum Gasteiger partial charge on any atom is 0.126 e. The van der Waals surface area contributed by atoms with E-state index < -0.39 is 6.10 Å². The Hall–Kier alpha value is -1.91. The molecule has 0 aliphatic carbocycles. The molecule has 0 saturated heterocycles. The largest absolute Gasteiger partial charge is 0.497 e. The second kappa shape index (κ2) is 8.09. The summed E-state index contributed by atoms with van der Waals surface area (Å²) in [6.07, 6.45) is -0.0595. The molecule has 4 heteroatoms. The van der Waals surface area contributed by atoms with Crippen LogP contribution in [0.25, 0.3) is 0 Å². The van der Waals surface area contributed by atoms with Crippen LogP contribution in [0.4, 0.5) is 4.39 Å². The van der Waals surface area contributed by atoms with Gasteiger partial charge in [-0.3, -0.25) is 0 Å². The molecule has 0 fully saturated rings. The number of nitrogens with one attached hydrogen (secondary N) is 1. The molecule has 0 radical (unpaired) electrons. The van der Waals surface area contributed by atoms with E-state index in [1.54, 1.807) is 19.2 Å². The molecule has 23 heavy (non-hydrogen) atoms. The van der Waals surface area contributed by atoms with Gasteiger partial charge in [0.1, 0.15) is 11.6 Å². The summed E-state index contributed by atoms with van der Waals surface area (Å²) in [6, 6.07) is 14.0. The first-order valence-corrected chi connectivity index (χ1v) is 7.82. The van der Waals surface area contributed by atoms with Crippen molar-refractivity contribution < 1.29 is 14.2 Å². The van der Waals surface area contributed by atoms with Gasteiger partial charge in [0, 0.05) is 12.1 Å². The number of rotatable bonds is 7. The maximum atomic E-state index is 13.7. The van der Waals surface area contributed by atoms with Crippen LogP contribution in [0, 0.1) is 5.82 Å². The molecule has 3 atom stereocenters. The first-order valence-electron chi connectivity index (χ1n) is 7.82. The standard InChI is InChI=1S/C19H24FNO2/c1-13(12-16-6-4-5-7-18(16)20)21-14(2)19(22)15-8-10-17(23-3)11-9-15/h4-11,13-14,19,21-22H,12H2,1-3H3/t13-,14-,19+/m0/s1. The summed E-state index contributed by atoms with van der Waals surface area (Å²) in [6.45, 7) is 3.91. The van der Waals surface area contributed by atoms with E-state index in [1.165, 1.54) is 6.07 Å². The molecule has 2 N–H and O–H groups in total. The first kappa shape index (κ1) is 17.4. The molecule has 0 heterocycles. The molecule has 2 aromatic carbocycles. The van der Waals surface area contributed by atoms with Gasteiger partial charge >= 0.3 is 0 Å². The normalized spacial score (nSPS) is 15.0. The molecule has 0 aromatic heterocycles. The van der Waals surface area contributed by atoms with Gasteiger partial charge in [-0.1, -0.05) is 30.3 Å². The highest BCUT2D eigenvalue weighted by atomic mass is 19.1. The Morgan fingerprint density at radius 2 is 1.74 bits per heavy atom. The van der Waals surface area contributed by atoms with E-state index in [4.69, 9.17) is 4.74 Å². The van der Waals surface area contributed by atoms with Crippen molar-refractivity contribution in [2.75, 3.05) is 7.11 Å². The fourth-order valence-corrected chi connectivity index (χ4v) is 2.68. The average Bonchev–Trinajstić information content (AvgIpc) is 2.56. The fraction of sp³-hybridized carbons (Fsp3) is 0.368. The van der Waals surface area contributed by atoms with Gasteiger partial charge in [-0.25, -0.2) is 4.39 Å². The summed E-state index contributed by atoms with van der Waals surface area (Å²) < 4.78 is 18.8. The van der Waals surface area contributed by atoms with E-state index in [-0.39, 0.29) is 17.9 Å². The molecule has 0 saturated carbocycles. The lowest BCUT2D eigenvalue weighted by Crippen LogP contribution is -2.39. The van der Waals surface area contributed by atoms with Gasteiger partial charge in [-0.05, 0) is 49.6 Å². The molecule has 0 aliphatic heterocycles. The molecule has 2 rings (SSSR count). The lowest BCUT2D eigenvalue weighted by atomic mass is 10.0. The molecular formula is C19H24FNO2.